The number of hydrogen-bond donors (Lipinski definition) is 2. The van der Waals surface area contributed by atoms with Gasteiger partial charge in [0.15, 0.2) is 0 Å². The Bertz CT molecular complexity index is 890. The molecule has 0 bridgehead atoms. The summed E-state index contributed by atoms with van der Waals surface area (Å²) in [5, 5.41) is 13.1. The summed E-state index contributed by atoms with van der Waals surface area (Å²) in [5.74, 6) is 0.0281. The zero-order chi connectivity index (χ0) is 18.7. The van der Waals surface area contributed by atoms with Gasteiger partial charge >= 0.3 is 5.97 Å². The lowest BCUT2D eigenvalue weighted by molar-refractivity contribution is 0.0695. The van der Waals surface area contributed by atoms with E-state index < -0.39 is 5.97 Å². The van der Waals surface area contributed by atoms with Gasteiger partial charge in [0.25, 0.3) is 0 Å². The Morgan fingerprint density at radius 2 is 1.85 bits per heavy atom. The average Bonchev–Trinajstić information content (AvgIpc) is 3.19. The minimum absolute atomic E-state index is 0.383. The van der Waals surface area contributed by atoms with Gasteiger partial charge in [-0.1, -0.05) is 17.7 Å². The normalized spacial score (nSPS) is 11.0. The van der Waals surface area contributed by atoms with E-state index in [9.17, 15) is 9.90 Å². The lowest BCUT2D eigenvalue weighted by atomic mass is 10.1. The highest BCUT2D eigenvalue weighted by atomic mass is 16.4. The van der Waals surface area contributed by atoms with Crippen molar-refractivity contribution in [3.8, 4) is 5.69 Å². The second-order valence-corrected chi connectivity index (χ2v) is 6.51. The van der Waals surface area contributed by atoms with Crippen LogP contribution in [-0.4, -0.2) is 22.2 Å². The van der Waals surface area contributed by atoms with Crippen LogP contribution in [0.1, 0.15) is 38.6 Å². The zero-order valence-electron chi connectivity index (χ0n) is 15.4. The van der Waals surface area contributed by atoms with E-state index in [0.29, 0.717) is 12.1 Å². The number of hydrogen-bond acceptors (Lipinski definition) is 3. The van der Waals surface area contributed by atoms with Crippen molar-refractivity contribution < 1.29 is 14.3 Å². The standard InChI is InChI=1S/C21H24N2O3/c1-14-6-8-17(9-7-14)23-15(2)19(20(16(23)3)21(24)25)13-22-11-10-18-5-4-12-26-18/h4-9,12,22H,10-11,13H2,1-3H3,(H,24,25). The van der Waals surface area contributed by atoms with E-state index in [1.165, 1.54) is 5.56 Å². The Hall–Kier alpha value is -2.79. The SMILES string of the molecule is Cc1ccc(-n2c(C)c(CNCCc3ccco3)c(C(=O)O)c2C)cc1. The topological polar surface area (TPSA) is 67.4 Å². The van der Waals surface area contributed by atoms with Crippen LogP contribution in [-0.2, 0) is 13.0 Å². The van der Waals surface area contributed by atoms with E-state index in [2.05, 4.69) is 5.32 Å². The Morgan fingerprint density at radius 3 is 2.46 bits per heavy atom. The van der Waals surface area contributed by atoms with Crippen LogP contribution in [0.25, 0.3) is 5.69 Å². The molecule has 0 unspecified atom stereocenters. The van der Waals surface area contributed by atoms with Crippen molar-refractivity contribution in [3.05, 3.63) is 76.5 Å². The summed E-state index contributed by atoms with van der Waals surface area (Å²) in [4.78, 5) is 11.9. The summed E-state index contributed by atoms with van der Waals surface area (Å²) in [6, 6.07) is 11.9. The van der Waals surface area contributed by atoms with Gasteiger partial charge in [0, 0.05) is 42.1 Å². The molecule has 2 aromatic heterocycles. The van der Waals surface area contributed by atoms with Crippen LogP contribution in [0.5, 0.6) is 0 Å². The molecule has 3 aromatic rings. The summed E-state index contributed by atoms with van der Waals surface area (Å²) in [7, 11) is 0. The highest BCUT2D eigenvalue weighted by Gasteiger charge is 2.23. The third-order valence-electron chi connectivity index (χ3n) is 4.71. The number of carboxylic acids is 1. The third kappa shape index (κ3) is 3.58. The maximum atomic E-state index is 11.9. The van der Waals surface area contributed by atoms with Crippen molar-refractivity contribution in [1.82, 2.24) is 9.88 Å². The van der Waals surface area contributed by atoms with E-state index in [4.69, 9.17) is 4.42 Å². The second-order valence-electron chi connectivity index (χ2n) is 6.51. The van der Waals surface area contributed by atoms with Crippen LogP contribution >= 0.6 is 0 Å². The fourth-order valence-corrected chi connectivity index (χ4v) is 3.36. The highest BCUT2D eigenvalue weighted by Crippen LogP contribution is 2.26. The number of furan rings is 1. The first-order valence-electron chi connectivity index (χ1n) is 8.73. The molecule has 5 nitrogen and oxygen atoms in total. The monoisotopic (exact) mass is 352 g/mol. The van der Waals surface area contributed by atoms with Crippen LogP contribution in [0.3, 0.4) is 0 Å². The van der Waals surface area contributed by atoms with Crippen molar-refractivity contribution >= 4 is 5.97 Å². The Morgan fingerprint density at radius 1 is 1.12 bits per heavy atom. The van der Waals surface area contributed by atoms with Gasteiger partial charge in [-0.3, -0.25) is 0 Å². The van der Waals surface area contributed by atoms with Crippen LogP contribution in [0, 0.1) is 20.8 Å². The molecular weight excluding hydrogens is 328 g/mol. The second kappa shape index (κ2) is 7.62. The molecule has 0 aliphatic carbocycles. The Balaban J connectivity index is 1.85. The number of nitrogens with one attached hydrogen (secondary N) is 1. The number of aromatic carboxylic acids is 1. The molecule has 136 valence electrons. The van der Waals surface area contributed by atoms with Gasteiger partial charge in [-0.25, -0.2) is 4.79 Å². The number of aryl methyl sites for hydroxylation is 1. The van der Waals surface area contributed by atoms with Crippen molar-refractivity contribution in [2.24, 2.45) is 0 Å². The predicted molar refractivity (Wildman–Crippen MR) is 101 cm³/mol. The van der Waals surface area contributed by atoms with Crippen LogP contribution in [0.4, 0.5) is 0 Å². The molecule has 0 aliphatic heterocycles. The van der Waals surface area contributed by atoms with Gasteiger partial charge in [-0.2, -0.15) is 0 Å². The Kier molecular flexibility index (Phi) is 5.28. The average molecular weight is 352 g/mol. The minimum Gasteiger partial charge on any atom is -0.478 e. The summed E-state index contributed by atoms with van der Waals surface area (Å²) >= 11 is 0. The van der Waals surface area contributed by atoms with E-state index >= 15 is 0 Å². The molecule has 0 radical (unpaired) electrons. The number of carbonyl (C=O) groups is 1. The van der Waals surface area contributed by atoms with E-state index in [1.54, 1.807) is 6.26 Å². The minimum atomic E-state index is -0.890. The number of nitrogens with zero attached hydrogens (tertiary/aromatic N) is 1. The largest absolute Gasteiger partial charge is 0.478 e. The van der Waals surface area contributed by atoms with Gasteiger partial charge in [-0.05, 0) is 45.0 Å². The van der Waals surface area contributed by atoms with Crippen molar-refractivity contribution in [2.45, 2.75) is 33.7 Å². The van der Waals surface area contributed by atoms with Crippen LogP contribution in [0.2, 0.25) is 0 Å². The number of aromatic nitrogens is 1. The molecular formula is C21H24N2O3. The molecule has 0 atom stereocenters. The first-order chi connectivity index (χ1) is 12.5. The first kappa shape index (κ1) is 18.0. The van der Waals surface area contributed by atoms with Crippen molar-refractivity contribution in [3.63, 3.8) is 0 Å². The number of carboxylic acid groups (broad SMARTS) is 1. The Labute approximate surface area is 153 Å². The zero-order valence-corrected chi connectivity index (χ0v) is 15.4. The van der Waals surface area contributed by atoms with E-state index in [0.717, 1.165) is 41.4 Å². The van der Waals surface area contributed by atoms with E-state index in [-0.39, 0.29) is 0 Å². The fourth-order valence-electron chi connectivity index (χ4n) is 3.36. The maximum Gasteiger partial charge on any atom is 0.337 e. The van der Waals surface area contributed by atoms with E-state index in [1.807, 2.05) is 61.7 Å². The van der Waals surface area contributed by atoms with Crippen molar-refractivity contribution in [2.75, 3.05) is 6.54 Å². The molecule has 0 fully saturated rings. The molecule has 3 rings (SSSR count). The molecule has 0 aliphatic rings. The molecule has 26 heavy (non-hydrogen) atoms. The summed E-state index contributed by atoms with van der Waals surface area (Å²) in [6.07, 6.45) is 2.43. The lowest BCUT2D eigenvalue weighted by Gasteiger charge is -2.10. The molecule has 0 spiro atoms. The lowest BCUT2D eigenvalue weighted by Crippen LogP contribution is -2.18. The molecule has 0 saturated heterocycles. The quantitative estimate of drug-likeness (QED) is 0.630. The summed E-state index contributed by atoms with van der Waals surface area (Å²) in [5.41, 5.74) is 5.07. The molecule has 0 amide bonds. The van der Waals surface area contributed by atoms with Gasteiger partial charge in [-0.15, -0.1) is 0 Å². The van der Waals surface area contributed by atoms with Crippen molar-refractivity contribution in [1.29, 1.82) is 0 Å². The van der Waals surface area contributed by atoms with Crippen LogP contribution < -0.4 is 5.32 Å². The van der Waals surface area contributed by atoms with Crippen LogP contribution in [0.15, 0.2) is 47.1 Å². The molecule has 0 saturated carbocycles. The molecule has 2 N–H and O–H groups in total. The third-order valence-corrected chi connectivity index (χ3v) is 4.71. The smallest absolute Gasteiger partial charge is 0.337 e. The number of rotatable bonds is 7. The predicted octanol–water partition coefficient (Wildman–Crippen LogP) is 4.03. The maximum absolute atomic E-state index is 11.9. The molecule has 2 heterocycles. The summed E-state index contributed by atoms with van der Waals surface area (Å²) < 4.78 is 7.34. The molecule has 5 heteroatoms. The van der Waals surface area contributed by atoms with Gasteiger partial charge in [0.1, 0.15) is 5.76 Å². The highest BCUT2D eigenvalue weighted by molar-refractivity contribution is 5.91. The van der Waals surface area contributed by atoms with Gasteiger partial charge in [0.05, 0.1) is 11.8 Å². The fraction of sp³-hybridized carbons (Fsp3) is 0.286. The van der Waals surface area contributed by atoms with Gasteiger partial charge in [0.2, 0.25) is 0 Å². The molecule has 1 aromatic carbocycles. The van der Waals surface area contributed by atoms with Gasteiger partial charge < -0.3 is 19.4 Å². The summed E-state index contributed by atoms with van der Waals surface area (Å²) in [6.45, 7) is 7.11. The number of benzene rings is 1. The first-order valence-corrected chi connectivity index (χ1v) is 8.73.